The standard InChI is InChI=1S/C30H36N3O3P/c1-5-6-12-26-28(21-14-17-25(37)18-15-21)32-33(23-10-8-7-9-11-23)30(26,2)29(34)31-20-22-13-16-24(35-3)19-27(22)36-4/h7-11,13-19,26H,5-6,12,20,37H2,1-4H3,(H,31,34). The van der Waals surface area contributed by atoms with Crippen molar-refractivity contribution in [1.82, 2.24) is 5.32 Å². The summed E-state index contributed by atoms with van der Waals surface area (Å²) in [4.78, 5) is 14.2. The van der Waals surface area contributed by atoms with Crippen molar-refractivity contribution in [2.24, 2.45) is 11.0 Å². The SMILES string of the molecule is CCCCC1C(c2ccc(P)cc2)=NN(c2ccccc2)C1(C)C(=O)NCc1ccc(OC)cc1OC. The van der Waals surface area contributed by atoms with Gasteiger partial charge in [0, 0.05) is 24.1 Å². The molecule has 7 heteroatoms. The summed E-state index contributed by atoms with van der Waals surface area (Å²) in [6.07, 6.45) is 2.90. The van der Waals surface area contributed by atoms with Gasteiger partial charge in [-0.05, 0) is 48.5 Å². The van der Waals surface area contributed by atoms with Gasteiger partial charge in [0.2, 0.25) is 5.91 Å². The molecule has 1 heterocycles. The Bertz CT molecular complexity index is 1250. The number of amides is 1. The monoisotopic (exact) mass is 517 g/mol. The van der Waals surface area contributed by atoms with Crippen molar-refractivity contribution in [3.05, 3.63) is 83.9 Å². The highest BCUT2D eigenvalue weighted by Gasteiger charge is 2.53. The summed E-state index contributed by atoms with van der Waals surface area (Å²) in [6, 6.07) is 23.9. The number of carbonyl (C=O) groups excluding carboxylic acids is 1. The third-order valence-corrected chi connectivity index (χ3v) is 7.49. The van der Waals surface area contributed by atoms with Crippen LogP contribution < -0.4 is 25.1 Å². The van der Waals surface area contributed by atoms with Crippen LogP contribution in [0.3, 0.4) is 0 Å². The third-order valence-electron chi connectivity index (χ3n) is 7.10. The fourth-order valence-corrected chi connectivity index (χ4v) is 5.13. The Balaban J connectivity index is 1.72. The second-order valence-corrected chi connectivity index (χ2v) is 10.1. The van der Waals surface area contributed by atoms with Crippen LogP contribution in [0.15, 0.2) is 77.9 Å². The Morgan fingerprint density at radius 1 is 1.05 bits per heavy atom. The number of hydrazone groups is 1. The van der Waals surface area contributed by atoms with Gasteiger partial charge in [0.25, 0.3) is 0 Å². The van der Waals surface area contributed by atoms with Crippen LogP contribution in [0.4, 0.5) is 5.69 Å². The Morgan fingerprint density at radius 2 is 1.78 bits per heavy atom. The van der Waals surface area contributed by atoms with Crippen LogP contribution in [0.5, 0.6) is 11.5 Å². The quantitative estimate of drug-likeness (QED) is 0.370. The van der Waals surface area contributed by atoms with E-state index in [-0.39, 0.29) is 11.8 Å². The summed E-state index contributed by atoms with van der Waals surface area (Å²) in [6.45, 7) is 4.53. The molecule has 1 amide bonds. The normalized spacial score (nSPS) is 18.9. The van der Waals surface area contributed by atoms with Crippen molar-refractivity contribution in [2.45, 2.75) is 45.2 Å². The number of rotatable bonds is 10. The van der Waals surface area contributed by atoms with Crippen LogP contribution in [0, 0.1) is 5.92 Å². The maximum Gasteiger partial charge on any atom is 0.248 e. The fraction of sp³-hybridized carbons (Fsp3) is 0.333. The summed E-state index contributed by atoms with van der Waals surface area (Å²) < 4.78 is 10.9. The van der Waals surface area contributed by atoms with E-state index in [2.05, 4.69) is 45.7 Å². The molecule has 1 aliphatic rings. The number of hydrogen-bond acceptors (Lipinski definition) is 5. The zero-order chi connectivity index (χ0) is 26.4. The smallest absolute Gasteiger partial charge is 0.248 e. The highest BCUT2D eigenvalue weighted by atomic mass is 31.0. The van der Waals surface area contributed by atoms with E-state index in [1.807, 2.05) is 60.5 Å². The number of ether oxygens (including phenoxy) is 2. The Labute approximate surface area is 222 Å². The van der Waals surface area contributed by atoms with Gasteiger partial charge in [0.15, 0.2) is 0 Å². The molecule has 3 unspecified atom stereocenters. The average molecular weight is 518 g/mol. The zero-order valence-corrected chi connectivity index (χ0v) is 23.2. The lowest BCUT2D eigenvalue weighted by molar-refractivity contribution is -0.127. The molecule has 0 radical (unpaired) electrons. The second kappa shape index (κ2) is 11.8. The van der Waals surface area contributed by atoms with Crippen molar-refractivity contribution in [3.8, 4) is 11.5 Å². The maximum absolute atomic E-state index is 14.2. The van der Waals surface area contributed by atoms with Gasteiger partial charge in [0.1, 0.15) is 17.0 Å². The lowest BCUT2D eigenvalue weighted by Gasteiger charge is -2.37. The maximum atomic E-state index is 14.2. The number of anilines is 1. The molecule has 1 aliphatic heterocycles. The van der Waals surface area contributed by atoms with Crippen LogP contribution in [-0.2, 0) is 11.3 Å². The third kappa shape index (κ3) is 5.50. The van der Waals surface area contributed by atoms with Gasteiger partial charge in [-0.15, -0.1) is 9.24 Å². The number of methoxy groups -OCH3 is 2. The summed E-state index contributed by atoms with van der Waals surface area (Å²) in [5, 5.41) is 11.3. The molecule has 0 saturated heterocycles. The first-order valence-electron chi connectivity index (χ1n) is 12.7. The molecular weight excluding hydrogens is 481 g/mol. The molecule has 0 fully saturated rings. The molecule has 0 aliphatic carbocycles. The predicted octanol–water partition coefficient (Wildman–Crippen LogP) is 5.31. The van der Waals surface area contributed by atoms with E-state index in [1.54, 1.807) is 14.2 Å². The van der Waals surface area contributed by atoms with Crippen LogP contribution in [0.1, 0.15) is 44.2 Å². The van der Waals surface area contributed by atoms with E-state index in [1.165, 1.54) is 0 Å². The van der Waals surface area contributed by atoms with Crippen molar-refractivity contribution in [2.75, 3.05) is 19.2 Å². The Morgan fingerprint density at radius 3 is 2.43 bits per heavy atom. The molecular formula is C30H36N3O3P. The molecule has 37 heavy (non-hydrogen) atoms. The van der Waals surface area contributed by atoms with Gasteiger partial charge in [-0.25, -0.2) is 5.01 Å². The second-order valence-electron chi connectivity index (χ2n) is 9.46. The number of nitrogens with one attached hydrogen (secondary N) is 1. The zero-order valence-electron chi connectivity index (χ0n) is 22.0. The number of hydrogen-bond donors (Lipinski definition) is 1. The average Bonchev–Trinajstić information content (AvgIpc) is 3.24. The van der Waals surface area contributed by atoms with Gasteiger partial charge in [-0.3, -0.25) is 4.79 Å². The van der Waals surface area contributed by atoms with E-state index < -0.39 is 5.54 Å². The molecule has 6 nitrogen and oxygen atoms in total. The van der Waals surface area contributed by atoms with E-state index >= 15 is 0 Å². The molecule has 3 aromatic rings. The summed E-state index contributed by atoms with van der Waals surface area (Å²) in [5.74, 6) is 1.23. The number of carbonyl (C=O) groups is 1. The molecule has 1 N–H and O–H groups in total. The van der Waals surface area contributed by atoms with Crippen molar-refractivity contribution >= 4 is 31.9 Å². The first-order valence-corrected chi connectivity index (χ1v) is 13.3. The van der Waals surface area contributed by atoms with Crippen molar-refractivity contribution in [3.63, 3.8) is 0 Å². The minimum atomic E-state index is -0.912. The molecule has 4 rings (SSSR count). The van der Waals surface area contributed by atoms with Crippen molar-refractivity contribution in [1.29, 1.82) is 0 Å². The molecule has 0 saturated carbocycles. The van der Waals surface area contributed by atoms with E-state index in [9.17, 15) is 4.79 Å². The number of unbranched alkanes of at least 4 members (excludes halogenated alkanes) is 1. The van der Waals surface area contributed by atoms with Gasteiger partial charge in [0.05, 0.1) is 25.6 Å². The topological polar surface area (TPSA) is 63.2 Å². The molecule has 0 spiro atoms. The minimum absolute atomic E-state index is 0.0725. The largest absolute Gasteiger partial charge is 0.497 e. The Hall–Kier alpha value is -3.37. The lowest BCUT2D eigenvalue weighted by atomic mass is 9.77. The summed E-state index contributed by atoms with van der Waals surface area (Å²) in [7, 11) is 5.97. The van der Waals surface area contributed by atoms with Gasteiger partial charge in [-0.1, -0.05) is 62.2 Å². The van der Waals surface area contributed by atoms with Gasteiger partial charge < -0.3 is 14.8 Å². The highest BCUT2D eigenvalue weighted by Crippen LogP contribution is 2.41. The lowest BCUT2D eigenvalue weighted by Crippen LogP contribution is -2.57. The minimum Gasteiger partial charge on any atom is -0.497 e. The van der Waals surface area contributed by atoms with Crippen LogP contribution in [0.25, 0.3) is 0 Å². The van der Waals surface area contributed by atoms with Crippen molar-refractivity contribution < 1.29 is 14.3 Å². The number of para-hydroxylation sites is 1. The van der Waals surface area contributed by atoms with E-state index in [4.69, 9.17) is 14.6 Å². The van der Waals surface area contributed by atoms with E-state index in [0.717, 1.165) is 47.1 Å². The number of benzene rings is 3. The summed E-state index contributed by atoms with van der Waals surface area (Å²) in [5.41, 5.74) is 2.85. The van der Waals surface area contributed by atoms with E-state index in [0.29, 0.717) is 18.0 Å². The molecule has 0 aromatic heterocycles. The molecule has 0 bridgehead atoms. The van der Waals surface area contributed by atoms with Crippen LogP contribution >= 0.6 is 9.24 Å². The predicted molar refractivity (Wildman–Crippen MR) is 154 cm³/mol. The van der Waals surface area contributed by atoms with Crippen LogP contribution in [0.2, 0.25) is 0 Å². The first kappa shape index (κ1) is 26.7. The Kier molecular flexibility index (Phi) is 8.50. The molecule has 3 atom stereocenters. The van der Waals surface area contributed by atoms with Gasteiger partial charge in [-0.2, -0.15) is 5.10 Å². The number of nitrogens with zero attached hydrogens (tertiary/aromatic N) is 2. The van der Waals surface area contributed by atoms with Crippen LogP contribution in [-0.4, -0.2) is 31.4 Å². The van der Waals surface area contributed by atoms with Gasteiger partial charge >= 0.3 is 0 Å². The summed E-state index contributed by atoms with van der Waals surface area (Å²) >= 11 is 0. The molecule has 194 valence electrons. The fourth-order valence-electron chi connectivity index (χ4n) is 4.94. The molecule has 3 aromatic carbocycles. The highest BCUT2D eigenvalue weighted by molar-refractivity contribution is 7.27. The first-order chi connectivity index (χ1) is 17.9.